The smallest absolute Gasteiger partial charge is 0.354 e. The lowest BCUT2D eigenvalue weighted by Gasteiger charge is -2.24. The quantitative estimate of drug-likeness (QED) is 0.338. The van der Waals surface area contributed by atoms with Gasteiger partial charge in [-0.3, -0.25) is 4.79 Å². The van der Waals surface area contributed by atoms with Crippen LogP contribution in [-0.4, -0.2) is 46.8 Å². The predicted octanol–water partition coefficient (Wildman–Crippen LogP) is 4.67. The van der Waals surface area contributed by atoms with Crippen LogP contribution in [0, 0.1) is 5.82 Å². The van der Waals surface area contributed by atoms with E-state index < -0.39 is 41.4 Å². The molecule has 0 bridgehead atoms. The second-order valence-corrected chi connectivity index (χ2v) is 9.94. The van der Waals surface area contributed by atoms with Crippen molar-refractivity contribution >= 4 is 17.4 Å². The van der Waals surface area contributed by atoms with Gasteiger partial charge in [-0.2, -0.15) is 31.4 Å². The molecule has 0 spiro atoms. The third-order valence-electron chi connectivity index (χ3n) is 5.67. The monoisotopic (exact) mass is 580 g/mol. The van der Waals surface area contributed by atoms with Crippen LogP contribution >= 0.6 is 0 Å². The van der Waals surface area contributed by atoms with Crippen molar-refractivity contribution in [3.63, 3.8) is 0 Å². The van der Waals surface area contributed by atoms with Crippen molar-refractivity contribution in [3.8, 4) is 5.69 Å². The van der Waals surface area contributed by atoms with Gasteiger partial charge < -0.3 is 5.32 Å². The summed E-state index contributed by atoms with van der Waals surface area (Å²) < 4.78 is 103. The summed E-state index contributed by atoms with van der Waals surface area (Å²) in [7, 11) is -1.16. The van der Waals surface area contributed by atoms with E-state index in [1.54, 1.807) is 12.1 Å². The molecule has 0 radical (unpaired) electrons. The van der Waals surface area contributed by atoms with Gasteiger partial charge in [-0.15, -0.1) is 0 Å². The number of hydrogen-bond acceptors (Lipinski definition) is 5. The van der Waals surface area contributed by atoms with Crippen molar-refractivity contribution in [1.29, 1.82) is 0 Å². The van der Waals surface area contributed by atoms with Gasteiger partial charge in [0.15, 0.2) is 5.69 Å². The number of rotatable bonds is 6. The summed E-state index contributed by atoms with van der Waals surface area (Å²) in [6.45, 7) is 3.73. The molecule has 16 heteroatoms. The number of alkyl halides is 6. The number of amides is 1. The molecule has 1 fully saturated rings. The maximum absolute atomic E-state index is 12.9. The molecule has 4 rings (SSSR count). The maximum Gasteiger partial charge on any atom is 0.451 e. The van der Waals surface area contributed by atoms with Crippen molar-refractivity contribution in [3.05, 3.63) is 65.8 Å². The molecule has 1 saturated heterocycles. The lowest BCUT2D eigenvalue weighted by Crippen LogP contribution is -2.34. The topological polar surface area (TPSA) is 93.0 Å². The van der Waals surface area contributed by atoms with E-state index in [1.807, 2.05) is 4.31 Å². The Kier molecular flexibility index (Phi) is 9.43. The van der Waals surface area contributed by atoms with Gasteiger partial charge in [0, 0.05) is 30.4 Å². The molecule has 1 N–H and O–H groups in total. The minimum Gasteiger partial charge on any atom is -0.354 e. The number of carbonyl (C=O) groups excluding carboxylic acids is 1. The third-order valence-corrected chi connectivity index (χ3v) is 7.45. The predicted molar refractivity (Wildman–Crippen MR) is 125 cm³/mol. The van der Waals surface area contributed by atoms with Crippen LogP contribution < -0.4 is 5.32 Å². The zero-order valence-corrected chi connectivity index (χ0v) is 21.3. The minimum atomic E-state index is -4.79. The minimum absolute atomic E-state index is 0.194. The molecule has 3 aromatic rings. The van der Waals surface area contributed by atoms with Crippen molar-refractivity contribution < 1.29 is 39.7 Å². The Morgan fingerprint density at radius 3 is 2.05 bits per heavy atom. The normalized spacial score (nSPS) is 18.8. The Morgan fingerprint density at radius 2 is 1.56 bits per heavy atom. The fraction of sp³-hybridized carbons (Fsp3) is 0.391. The Morgan fingerprint density at radius 1 is 1.00 bits per heavy atom. The van der Waals surface area contributed by atoms with Gasteiger partial charge in [0.1, 0.15) is 22.5 Å². The maximum atomic E-state index is 12.9. The van der Waals surface area contributed by atoms with Crippen LogP contribution in [0.2, 0.25) is 0 Å². The van der Waals surface area contributed by atoms with Crippen LogP contribution in [0.4, 0.5) is 30.7 Å². The highest BCUT2D eigenvalue weighted by molar-refractivity contribution is 7.82. The highest BCUT2D eigenvalue weighted by Gasteiger charge is 2.38. The van der Waals surface area contributed by atoms with Crippen molar-refractivity contribution in [1.82, 2.24) is 29.4 Å². The van der Waals surface area contributed by atoms with Crippen LogP contribution in [0.5, 0.6) is 0 Å². The Labute approximate surface area is 220 Å². The number of carbonyl (C=O) groups is 1. The van der Waals surface area contributed by atoms with Crippen LogP contribution in [0.15, 0.2) is 47.8 Å². The Bertz CT molecular complexity index is 1270. The molecule has 3 unspecified atom stereocenters. The molecule has 0 aliphatic carbocycles. The lowest BCUT2D eigenvalue weighted by molar-refractivity contribution is -0.145. The fourth-order valence-corrected chi connectivity index (χ4v) is 5.30. The van der Waals surface area contributed by atoms with Gasteiger partial charge in [0.05, 0.1) is 17.3 Å². The number of benzene rings is 1. The average molecular weight is 581 g/mol. The summed E-state index contributed by atoms with van der Waals surface area (Å²) in [5, 5.41) is 5.33. The zero-order chi connectivity index (χ0) is 29.0. The van der Waals surface area contributed by atoms with Crippen molar-refractivity contribution in [2.24, 2.45) is 0 Å². The summed E-state index contributed by atoms with van der Waals surface area (Å²) in [6.07, 6.45) is -4.89. The van der Waals surface area contributed by atoms with E-state index in [9.17, 15) is 39.7 Å². The highest BCUT2D eigenvalue weighted by Crippen LogP contribution is 2.32. The second-order valence-electron chi connectivity index (χ2n) is 8.55. The van der Waals surface area contributed by atoms with Gasteiger partial charge in [0.2, 0.25) is 12.2 Å². The first-order chi connectivity index (χ1) is 18.2. The van der Waals surface area contributed by atoms with E-state index in [4.69, 9.17) is 0 Å². The van der Waals surface area contributed by atoms with E-state index in [1.165, 1.54) is 12.1 Å². The lowest BCUT2D eigenvalue weighted by atomic mass is 10.2. The highest BCUT2D eigenvalue weighted by atomic mass is 32.2. The molecule has 1 aromatic carbocycles. The van der Waals surface area contributed by atoms with Crippen LogP contribution in [0.25, 0.3) is 5.69 Å². The fourth-order valence-electron chi connectivity index (χ4n) is 3.82. The standard InChI is InChI=1S/C12H16FNOS.C11H7F6N5O/c1-9-3-4-10(2)14(9)16(15)12-7-5-11(13)6-8-12;12-10(13,14)8-6(1-18-5-23)4-22(21-8)7-2-19-9(20-3-7)11(15,16)17/h5-10H,3-4H2,1-2H3;2-5H,1H2,(H,18,23). The third kappa shape index (κ3) is 7.59. The summed E-state index contributed by atoms with van der Waals surface area (Å²) in [4.78, 5) is 17.0. The van der Waals surface area contributed by atoms with E-state index in [0.717, 1.165) is 19.0 Å². The van der Waals surface area contributed by atoms with Gasteiger partial charge in [-0.25, -0.2) is 27.6 Å². The van der Waals surface area contributed by atoms with Gasteiger partial charge in [0.25, 0.3) is 0 Å². The average Bonchev–Trinajstić information content (AvgIpc) is 3.46. The molecule has 1 aliphatic rings. The number of nitrogens with one attached hydrogen (secondary N) is 1. The largest absolute Gasteiger partial charge is 0.451 e. The van der Waals surface area contributed by atoms with Crippen LogP contribution in [0.3, 0.4) is 0 Å². The molecule has 1 aliphatic heterocycles. The second kappa shape index (κ2) is 12.2. The summed E-state index contributed by atoms with van der Waals surface area (Å²) >= 11 is 0. The molecule has 0 saturated carbocycles. The SMILES string of the molecule is CC1CCC(C)N1S(=O)c1ccc(F)cc1.O=CNCc1cn(-c2cnc(C(F)(F)F)nc2)nc1C(F)(F)F. The van der Waals surface area contributed by atoms with Crippen molar-refractivity contribution in [2.75, 3.05) is 0 Å². The van der Waals surface area contributed by atoms with E-state index in [-0.39, 0.29) is 23.5 Å². The molecule has 39 heavy (non-hydrogen) atoms. The Hall–Kier alpha value is -3.40. The number of aromatic nitrogens is 4. The van der Waals surface area contributed by atoms with Crippen LogP contribution in [0.1, 0.15) is 43.8 Å². The molecule has 3 atom stereocenters. The molecule has 2 aromatic heterocycles. The molecule has 1 amide bonds. The number of hydrogen-bond donors (Lipinski definition) is 1. The molecular formula is C23H23F7N6O2S. The first-order valence-corrected chi connectivity index (χ1v) is 12.5. The first kappa shape index (κ1) is 30.1. The van der Waals surface area contributed by atoms with Crippen LogP contribution in [-0.2, 0) is 34.7 Å². The van der Waals surface area contributed by atoms with E-state index >= 15 is 0 Å². The number of nitrogens with zero attached hydrogens (tertiary/aromatic N) is 5. The zero-order valence-electron chi connectivity index (χ0n) is 20.5. The molecular weight excluding hydrogens is 557 g/mol. The molecule has 3 heterocycles. The molecule has 212 valence electrons. The first-order valence-electron chi connectivity index (χ1n) is 11.4. The Balaban J connectivity index is 0.000000230. The van der Waals surface area contributed by atoms with E-state index in [0.29, 0.717) is 34.1 Å². The van der Waals surface area contributed by atoms with Gasteiger partial charge in [-0.05, 0) is 51.0 Å². The summed E-state index contributed by atoms with van der Waals surface area (Å²) in [5.74, 6) is -1.71. The van der Waals surface area contributed by atoms with Gasteiger partial charge in [-0.1, -0.05) is 0 Å². The molecule has 8 nitrogen and oxygen atoms in total. The van der Waals surface area contributed by atoms with Gasteiger partial charge >= 0.3 is 12.4 Å². The van der Waals surface area contributed by atoms with Crippen molar-refractivity contribution in [2.45, 2.75) is 62.6 Å². The van der Waals surface area contributed by atoms with E-state index in [2.05, 4.69) is 34.2 Å². The summed E-state index contributed by atoms with van der Waals surface area (Å²) in [5.41, 5.74) is -1.82. The number of halogens is 7. The summed E-state index contributed by atoms with van der Waals surface area (Å²) in [6, 6.07) is 6.59.